The number of nitrogens with zero attached hydrogens (tertiary/aromatic N) is 2. The Morgan fingerprint density at radius 1 is 1.45 bits per heavy atom. The Morgan fingerprint density at radius 2 is 2.14 bits per heavy atom. The number of amides is 2. The first-order valence-corrected chi connectivity index (χ1v) is 7.08. The zero-order chi connectivity index (χ0) is 16.5. The van der Waals surface area contributed by atoms with Crippen LogP contribution in [0.4, 0.5) is 10.6 Å². The maximum absolute atomic E-state index is 12.6. The summed E-state index contributed by atoms with van der Waals surface area (Å²) in [6.45, 7) is 6.99. The van der Waals surface area contributed by atoms with Crippen molar-refractivity contribution in [1.82, 2.24) is 10.3 Å². The predicted molar refractivity (Wildman–Crippen MR) is 80.9 cm³/mol. The lowest BCUT2D eigenvalue weighted by molar-refractivity contribution is -0.121. The van der Waals surface area contributed by atoms with E-state index in [-0.39, 0.29) is 5.91 Å². The highest BCUT2D eigenvalue weighted by molar-refractivity contribution is 5.99. The molecule has 2 atom stereocenters. The van der Waals surface area contributed by atoms with Crippen LogP contribution in [0.3, 0.4) is 0 Å². The van der Waals surface area contributed by atoms with Gasteiger partial charge in [-0.25, -0.2) is 9.78 Å². The summed E-state index contributed by atoms with van der Waals surface area (Å²) in [7, 11) is 1.60. The van der Waals surface area contributed by atoms with Gasteiger partial charge in [0, 0.05) is 13.2 Å². The Bertz CT molecular complexity index is 582. The van der Waals surface area contributed by atoms with Gasteiger partial charge in [0.05, 0.1) is 0 Å². The highest BCUT2D eigenvalue weighted by Gasteiger charge is 2.37. The first-order valence-electron chi connectivity index (χ1n) is 7.08. The Hall–Kier alpha value is -2.31. The number of hydrogen-bond acceptors (Lipinski definition) is 5. The molecule has 1 aromatic rings. The van der Waals surface area contributed by atoms with E-state index < -0.39 is 23.8 Å². The van der Waals surface area contributed by atoms with Gasteiger partial charge in [-0.1, -0.05) is 0 Å². The molecule has 120 valence electrons. The number of hydrogen-bond donors (Lipinski definition) is 1. The monoisotopic (exact) mass is 307 g/mol. The normalized spacial score (nSPS) is 21.5. The van der Waals surface area contributed by atoms with Crippen LogP contribution in [0.1, 0.15) is 27.7 Å². The SMILES string of the molecule is C[C@H]1Oc2cccnc2N(C)C(=O)[C@H]1NC(=O)OC(C)(C)C. The van der Waals surface area contributed by atoms with Crippen LogP contribution in [0.15, 0.2) is 18.3 Å². The maximum Gasteiger partial charge on any atom is 0.408 e. The molecule has 2 rings (SSSR count). The van der Waals surface area contributed by atoms with Gasteiger partial charge in [-0.3, -0.25) is 9.69 Å². The van der Waals surface area contributed by atoms with Gasteiger partial charge < -0.3 is 14.8 Å². The number of ether oxygens (including phenoxy) is 2. The van der Waals surface area contributed by atoms with Crippen molar-refractivity contribution in [3.05, 3.63) is 18.3 Å². The van der Waals surface area contributed by atoms with E-state index in [9.17, 15) is 9.59 Å². The number of rotatable bonds is 1. The molecule has 0 saturated heterocycles. The standard InChI is InChI=1S/C15H21N3O4/c1-9-11(17-14(20)22-15(2,3)4)13(19)18(5)12-10(21-9)7-6-8-16-12/h6-9,11H,1-5H3,(H,17,20)/t9-,11+/m1/s1. The van der Waals surface area contributed by atoms with Crippen LogP contribution in [0, 0.1) is 0 Å². The van der Waals surface area contributed by atoms with E-state index in [4.69, 9.17) is 9.47 Å². The lowest BCUT2D eigenvalue weighted by Gasteiger charge is -2.26. The van der Waals surface area contributed by atoms with Gasteiger partial charge in [-0.15, -0.1) is 0 Å². The van der Waals surface area contributed by atoms with E-state index >= 15 is 0 Å². The van der Waals surface area contributed by atoms with Crippen LogP contribution in [0.25, 0.3) is 0 Å². The van der Waals surface area contributed by atoms with Gasteiger partial charge in [0.2, 0.25) is 0 Å². The van der Waals surface area contributed by atoms with E-state index in [0.717, 1.165) is 0 Å². The molecule has 1 aliphatic rings. The number of likely N-dealkylation sites (N-methyl/N-ethyl adjacent to an activating group) is 1. The zero-order valence-electron chi connectivity index (χ0n) is 13.4. The molecule has 1 N–H and O–H groups in total. The summed E-state index contributed by atoms with van der Waals surface area (Å²) in [5.41, 5.74) is -0.640. The number of fused-ring (bicyclic) bond motifs is 1. The molecule has 7 nitrogen and oxygen atoms in total. The molecule has 0 unspecified atom stereocenters. The van der Waals surface area contributed by atoms with Crippen molar-refractivity contribution in [2.75, 3.05) is 11.9 Å². The second-order valence-corrected chi connectivity index (χ2v) is 6.17. The number of carbonyl (C=O) groups excluding carboxylic acids is 2. The van der Waals surface area contributed by atoms with Crippen molar-refractivity contribution in [2.45, 2.75) is 45.4 Å². The van der Waals surface area contributed by atoms with Crippen molar-refractivity contribution < 1.29 is 19.1 Å². The van der Waals surface area contributed by atoms with Gasteiger partial charge in [-0.05, 0) is 39.8 Å². The molecule has 2 amide bonds. The van der Waals surface area contributed by atoms with E-state index in [1.807, 2.05) is 0 Å². The number of pyridine rings is 1. The molecule has 0 radical (unpaired) electrons. The molecule has 1 aromatic heterocycles. The van der Waals surface area contributed by atoms with Gasteiger partial charge in [0.15, 0.2) is 11.6 Å². The van der Waals surface area contributed by atoms with Gasteiger partial charge in [0.1, 0.15) is 17.7 Å². The third-order valence-electron chi connectivity index (χ3n) is 3.12. The number of nitrogens with one attached hydrogen (secondary N) is 1. The lowest BCUT2D eigenvalue weighted by atomic mass is 10.1. The molecule has 7 heteroatoms. The van der Waals surface area contributed by atoms with E-state index in [1.165, 1.54) is 4.90 Å². The van der Waals surface area contributed by atoms with E-state index in [1.54, 1.807) is 53.1 Å². The zero-order valence-corrected chi connectivity index (χ0v) is 13.4. The largest absolute Gasteiger partial charge is 0.484 e. The third-order valence-corrected chi connectivity index (χ3v) is 3.12. The quantitative estimate of drug-likeness (QED) is 0.854. The molecular formula is C15H21N3O4. The highest BCUT2D eigenvalue weighted by atomic mass is 16.6. The van der Waals surface area contributed by atoms with Crippen molar-refractivity contribution in [1.29, 1.82) is 0 Å². The van der Waals surface area contributed by atoms with Crippen LogP contribution in [0.5, 0.6) is 5.75 Å². The fourth-order valence-corrected chi connectivity index (χ4v) is 2.12. The van der Waals surface area contributed by atoms with Crippen LogP contribution in [-0.2, 0) is 9.53 Å². The molecule has 1 aliphatic heterocycles. The summed E-state index contributed by atoms with van der Waals surface area (Å²) in [5.74, 6) is 0.614. The summed E-state index contributed by atoms with van der Waals surface area (Å²) in [4.78, 5) is 30.0. The first kappa shape index (κ1) is 16.1. The topological polar surface area (TPSA) is 80.8 Å². The molecule has 0 fully saturated rings. The minimum absolute atomic E-state index is 0.309. The second-order valence-electron chi connectivity index (χ2n) is 6.17. The van der Waals surface area contributed by atoms with Crippen LogP contribution in [0.2, 0.25) is 0 Å². The first-order chi connectivity index (χ1) is 10.2. The Labute approximate surface area is 129 Å². The fourth-order valence-electron chi connectivity index (χ4n) is 2.12. The lowest BCUT2D eigenvalue weighted by Crippen LogP contribution is -2.54. The molecule has 0 aliphatic carbocycles. The van der Waals surface area contributed by atoms with Crippen LogP contribution < -0.4 is 15.0 Å². The average molecular weight is 307 g/mol. The second kappa shape index (κ2) is 5.82. The summed E-state index contributed by atoms with van der Waals surface area (Å²) < 4.78 is 10.9. The minimum Gasteiger partial charge on any atom is -0.484 e. The van der Waals surface area contributed by atoms with Gasteiger partial charge >= 0.3 is 6.09 Å². The number of anilines is 1. The maximum atomic E-state index is 12.6. The summed E-state index contributed by atoms with van der Waals surface area (Å²) in [6.07, 6.45) is 0.375. The molecule has 0 bridgehead atoms. The molecule has 0 spiro atoms. The molecular weight excluding hydrogens is 286 g/mol. The fraction of sp³-hybridized carbons (Fsp3) is 0.533. The Morgan fingerprint density at radius 3 is 2.77 bits per heavy atom. The van der Waals surface area contributed by atoms with E-state index in [0.29, 0.717) is 11.6 Å². The van der Waals surface area contributed by atoms with Crippen molar-refractivity contribution in [3.8, 4) is 5.75 Å². The van der Waals surface area contributed by atoms with Crippen molar-refractivity contribution >= 4 is 17.8 Å². The number of alkyl carbamates (subject to hydrolysis) is 1. The summed E-state index contributed by atoms with van der Waals surface area (Å²) >= 11 is 0. The van der Waals surface area contributed by atoms with Crippen molar-refractivity contribution in [2.24, 2.45) is 0 Å². The van der Waals surface area contributed by atoms with Crippen LogP contribution >= 0.6 is 0 Å². The van der Waals surface area contributed by atoms with Crippen LogP contribution in [-0.4, -0.2) is 41.8 Å². The number of aromatic nitrogens is 1. The van der Waals surface area contributed by atoms with Crippen molar-refractivity contribution in [3.63, 3.8) is 0 Å². The smallest absolute Gasteiger partial charge is 0.408 e. The molecule has 22 heavy (non-hydrogen) atoms. The summed E-state index contributed by atoms with van der Waals surface area (Å²) in [6, 6.07) is 2.61. The van der Waals surface area contributed by atoms with Gasteiger partial charge in [0.25, 0.3) is 5.91 Å². The summed E-state index contributed by atoms with van der Waals surface area (Å²) in [5, 5.41) is 2.58. The Balaban J connectivity index is 2.20. The average Bonchev–Trinajstić information content (AvgIpc) is 2.49. The minimum atomic E-state index is -0.853. The highest BCUT2D eigenvalue weighted by Crippen LogP contribution is 2.29. The van der Waals surface area contributed by atoms with Gasteiger partial charge in [-0.2, -0.15) is 0 Å². The molecule has 2 heterocycles. The predicted octanol–water partition coefficient (Wildman–Crippen LogP) is 1.72. The number of carbonyl (C=O) groups is 2. The molecule has 0 saturated carbocycles. The van der Waals surface area contributed by atoms with E-state index in [2.05, 4.69) is 10.3 Å². The Kier molecular flexibility index (Phi) is 4.25. The molecule has 0 aromatic carbocycles. The third kappa shape index (κ3) is 3.47.